The molecule has 0 unspecified atom stereocenters. The number of nitrogens with zero attached hydrogens (tertiary/aromatic N) is 1. The van der Waals surface area contributed by atoms with Gasteiger partial charge in [-0.25, -0.2) is 0 Å². The molecule has 0 bridgehead atoms. The summed E-state index contributed by atoms with van der Waals surface area (Å²) in [7, 11) is 0. The minimum atomic E-state index is -0.810. The second kappa shape index (κ2) is 10.5. The van der Waals surface area contributed by atoms with Crippen LogP contribution in [0, 0.1) is 0 Å². The number of piperazine rings is 1. The van der Waals surface area contributed by atoms with Gasteiger partial charge in [0.15, 0.2) is 5.11 Å². The Bertz CT molecular complexity index is 702. The van der Waals surface area contributed by atoms with Crippen molar-refractivity contribution in [2.24, 2.45) is 0 Å². The Morgan fingerprint density at radius 3 is 3.04 bits per heavy atom. The summed E-state index contributed by atoms with van der Waals surface area (Å²) in [5.74, 6) is -0.716. The molecule has 27 heavy (non-hydrogen) atoms. The lowest BCUT2D eigenvalue weighted by molar-refractivity contribution is -0.147. The van der Waals surface area contributed by atoms with E-state index in [1.807, 2.05) is 6.92 Å². The molecule has 1 aromatic rings. The third-order valence-corrected chi connectivity index (χ3v) is 4.22. The van der Waals surface area contributed by atoms with E-state index in [2.05, 4.69) is 10.6 Å². The molecule has 2 N–H and O–H groups in total. The van der Waals surface area contributed by atoms with Crippen molar-refractivity contribution in [3.8, 4) is 0 Å². The number of thiocarbonyl (C=S) groups is 1. The Hall–Kier alpha value is -2.68. The molecule has 0 saturated carbocycles. The van der Waals surface area contributed by atoms with Crippen molar-refractivity contribution >= 4 is 41.2 Å². The Kier molecular flexibility index (Phi) is 8.00. The number of rotatable bonds is 7. The van der Waals surface area contributed by atoms with Crippen molar-refractivity contribution < 1.29 is 23.5 Å². The molecule has 2 heterocycles. The molecule has 0 spiro atoms. The first kappa shape index (κ1) is 20.6. The van der Waals surface area contributed by atoms with Crippen LogP contribution >= 0.6 is 12.2 Å². The number of ether oxygens (including phenoxy) is 1. The van der Waals surface area contributed by atoms with Crippen LogP contribution in [0.3, 0.4) is 0 Å². The first-order valence-electron chi connectivity index (χ1n) is 8.77. The average Bonchev–Trinajstić information content (AvgIpc) is 3.15. The fourth-order valence-electron chi connectivity index (χ4n) is 2.47. The number of esters is 1. The molecule has 1 atom stereocenters. The Labute approximate surface area is 162 Å². The minimum absolute atomic E-state index is 0.0882. The third kappa shape index (κ3) is 6.52. The van der Waals surface area contributed by atoms with Crippen LogP contribution in [0.4, 0.5) is 0 Å². The molecule has 1 saturated heterocycles. The SMILES string of the molecule is CCCCOC(=O)C[C@@H]1C(=O)NCCN1C(=S)NC(=O)/C=C/c1ccco1. The van der Waals surface area contributed by atoms with Crippen molar-refractivity contribution in [2.45, 2.75) is 32.2 Å². The van der Waals surface area contributed by atoms with Gasteiger partial charge in [-0.3, -0.25) is 19.7 Å². The molecule has 1 aromatic heterocycles. The van der Waals surface area contributed by atoms with Crippen LogP contribution in [0.2, 0.25) is 0 Å². The van der Waals surface area contributed by atoms with Crippen LogP contribution in [0.15, 0.2) is 28.9 Å². The number of carbonyl (C=O) groups is 3. The van der Waals surface area contributed by atoms with E-state index in [1.54, 1.807) is 12.1 Å². The smallest absolute Gasteiger partial charge is 0.308 e. The normalized spacial score (nSPS) is 16.9. The van der Waals surface area contributed by atoms with Gasteiger partial charge in [-0.2, -0.15) is 0 Å². The van der Waals surface area contributed by atoms with Crippen LogP contribution in [0.25, 0.3) is 6.08 Å². The van der Waals surface area contributed by atoms with Crippen LogP contribution in [0.1, 0.15) is 31.9 Å². The number of hydrogen-bond donors (Lipinski definition) is 2. The zero-order valence-corrected chi connectivity index (χ0v) is 15.9. The molecular weight excluding hydrogens is 370 g/mol. The van der Waals surface area contributed by atoms with Crippen molar-refractivity contribution in [1.82, 2.24) is 15.5 Å². The third-order valence-electron chi connectivity index (χ3n) is 3.88. The summed E-state index contributed by atoms with van der Waals surface area (Å²) in [5.41, 5.74) is 0. The van der Waals surface area contributed by atoms with E-state index in [4.69, 9.17) is 21.4 Å². The van der Waals surface area contributed by atoms with Crippen LogP contribution in [-0.2, 0) is 19.1 Å². The highest BCUT2D eigenvalue weighted by atomic mass is 32.1. The van der Waals surface area contributed by atoms with E-state index in [9.17, 15) is 14.4 Å². The molecule has 2 amide bonds. The van der Waals surface area contributed by atoms with Crippen LogP contribution in [-0.4, -0.2) is 53.5 Å². The van der Waals surface area contributed by atoms with Gasteiger partial charge in [0.25, 0.3) is 0 Å². The van der Waals surface area contributed by atoms with Gasteiger partial charge < -0.3 is 19.4 Å². The van der Waals surface area contributed by atoms with Crippen molar-refractivity contribution in [3.05, 3.63) is 30.2 Å². The van der Waals surface area contributed by atoms with Gasteiger partial charge in [0.1, 0.15) is 11.8 Å². The van der Waals surface area contributed by atoms with E-state index in [-0.39, 0.29) is 17.4 Å². The van der Waals surface area contributed by atoms with Gasteiger partial charge in [-0.1, -0.05) is 13.3 Å². The molecule has 0 aliphatic carbocycles. The Morgan fingerprint density at radius 2 is 2.33 bits per heavy atom. The highest BCUT2D eigenvalue weighted by Gasteiger charge is 2.34. The molecule has 2 rings (SSSR count). The molecule has 0 radical (unpaired) electrons. The van der Waals surface area contributed by atoms with Gasteiger partial charge >= 0.3 is 5.97 Å². The molecule has 1 aliphatic rings. The van der Waals surface area contributed by atoms with Crippen LogP contribution in [0.5, 0.6) is 0 Å². The van der Waals surface area contributed by atoms with E-state index < -0.39 is 17.9 Å². The predicted octanol–water partition coefficient (Wildman–Crippen LogP) is 1.23. The first-order chi connectivity index (χ1) is 13.0. The van der Waals surface area contributed by atoms with Gasteiger partial charge in [-0.05, 0) is 36.8 Å². The monoisotopic (exact) mass is 393 g/mol. The molecule has 9 heteroatoms. The van der Waals surface area contributed by atoms with Gasteiger partial charge in [0.2, 0.25) is 11.8 Å². The maximum Gasteiger partial charge on any atom is 0.308 e. The predicted molar refractivity (Wildman–Crippen MR) is 102 cm³/mol. The summed E-state index contributed by atoms with van der Waals surface area (Å²) in [6.45, 7) is 3.08. The molecular formula is C18H23N3O5S. The summed E-state index contributed by atoms with van der Waals surface area (Å²) in [4.78, 5) is 37.7. The zero-order chi connectivity index (χ0) is 19.6. The highest BCUT2D eigenvalue weighted by molar-refractivity contribution is 7.80. The second-order valence-electron chi connectivity index (χ2n) is 5.92. The molecule has 1 aliphatic heterocycles. The van der Waals surface area contributed by atoms with Crippen LogP contribution < -0.4 is 10.6 Å². The van der Waals surface area contributed by atoms with E-state index >= 15 is 0 Å². The lowest BCUT2D eigenvalue weighted by Crippen LogP contribution is -2.60. The minimum Gasteiger partial charge on any atom is -0.466 e. The summed E-state index contributed by atoms with van der Waals surface area (Å²) >= 11 is 5.26. The van der Waals surface area contributed by atoms with Gasteiger partial charge in [0, 0.05) is 19.2 Å². The largest absolute Gasteiger partial charge is 0.466 e. The lowest BCUT2D eigenvalue weighted by Gasteiger charge is -2.36. The topological polar surface area (TPSA) is 101 Å². The average molecular weight is 393 g/mol. The zero-order valence-electron chi connectivity index (χ0n) is 15.1. The number of unbranched alkanes of at least 4 members (excludes halogenated alkanes) is 1. The standard InChI is InChI=1S/C18H23N3O5S/c1-2-3-10-26-16(23)12-14-17(24)19-8-9-21(14)18(27)20-15(22)7-6-13-5-4-11-25-13/h4-7,11,14H,2-3,8-10,12H2,1H3,(H,19,24)(H,20,22,27)/b7-6+/t14-/m1/s1. The summed E-state index contributed by atoms with van der Waals surface area (Å²) in [5, 5.41) is 5.33. The summed E-state index contributed by atoms with van der Waals surface area (Å²) in [6.07, 6.45) is 5.83. The number of hydrogen-bond acceptors (Lipinski definition) is 6. The number of carbonyl (C=O) groups excluding carboxylic acids is 3. The number of amides is 2. The van der Waals surface area contributed by atoms with E-state index in [0.29, 0.717) is 25.5 Å². The van der Waals surface area contributed by atoms with E-state index in [1.165, 1.54) is 23.3 Å². The molecule has 146 valence electrons. The lowest BCUT2D eigenvalue weighted by atomic mass is 10.1. The number of furan rings is 1. The van der Waals surface area contributed by atoms with Gasteiger partial charge in [0.05, 0.1) is 19.3 Å². The molecule has 1 fully saturated rings. The summed E-state index contributed by atoms with van der Waals surface area (Å²) in [6, 6.07) is 2.60. The maximum absolute atomic E-state index is 12.2. The second-order valence-corrected chi connectivity index (χ2v) is 6.31. The molecule has 0 aromatic carbocycles. The van der Waals surface area contributed by atoms with Crippen molar-refractivity contribution in [2.75, 3.05) is 19.7 Å². The first-order valence-corrected chi connectivity index (χ1v) is 9.18. The Balaban J connectivity index is 1.93. The number of nitrogens with one attached hydrogen (secondary N) is 2. The fourth-order valence-corrected chi connectivity index (χ4v) is 2.79. The van der Waals surface area contributed by atoms with Crippen molar-refractivity contribution in [1.29, 1.82) is 0 Å². The molecule has 8 nitrogen and oxygen atoms in total. The van der Waals surface area contributed by atoms with E-state index in [0.717, 1.165) is 12.8 Å². The van der Waals surface area contributed by atoms with Crippen molar-refractivity contribution in [3.63, 3.8) is 0 Å². The quantitative estimate of drug-likeness (QED) is 0.311. The summed E-state index contributed by atoms with van der Waals surface area (Å²) < 4.78 is 10.2. The maximum atomic E-state index is 12.2. The fraction of sp³-hybridized carbons (Fsp3) is 0.444. The van der Waals surface area contributed by atoms with Gasteiger partial charge in [-0.15, -0.1) is 0 Å². The highest BCUT2D eigenvalue weighted by Crippen LogP contribution is 2.11. The Morgan fingerprint density at radius 1 is 1.52 bits per heavy atom.